The Morgan fingerprint density at radius 2 is 2.27 bits per heavy atom. The third-order valence-corrected chi connectivity index (χ3v) is 1.37. The Kier molecular flexibility index (Phi) is 2.06. The lowest BCUT2D eigenvalue weighted by Crippen LogP contribution is -2.05. The Morgan fingerprint density at radius 1 is 1.55 bits per heavy atom. The average Bonchev–Trinajstić information content (AvgIpc) is 1.99. The van der Waals surface area contributed by atoms with Crippen LogP contribution >= 0.6 is 0 Å². The molecule has 11 heavy (non-hydrogen) atoms. The first kappa shape index (κ1) is 7.54. The first-order valence-corrected chi connectivity index (χ1v) is 3.25. The van der Waals surface area contributed by atoms with Crippen LogP contribution in [0.25, 0.3) is 0 Å². The van der Waals surface area contributed by atoms with Gasteiger partial charge in [0.05, 0.1) is 0 Å². The van der Waals surface area contributed by atoms with Gasteiger partial charge in [0, 0.05) is 5.57 Å². The van der Waals surface area contributed by atoms with Gasteiger partial charge in [-0.05, 0) is 6.08 Å². The molecule has 56 valence electrons. The van der Waals surface area contributed by atoms with Crippen molar-refractivity contribution in [2.45, 2.75) is 0 Å². The van der Waals surface area contributed by atoms with Crippen LogP contribution in [-0.4, -0.2) is 10.8 Å². The summed E-state index contributed by atoms with van der Waals surface area (Å²) in [5.41, 5.74) is 0.826. The van der Waals surface area contributed by atoms with E-state index in [-0.39, 0.29) is 11.5 Å². The first-order valence-electron chi connectivity index (χ1n) is 3.25. The minimum atomic E-state index is 0.000556. The Labute approximate surface area is 65.4 Å². The first-order chi connectivity index (χ1) is 5.25. The van der Waals surface area contributed by atoms with Gasteiger partial charge < -0.3 is 5.11 Å². The highest BCUT2D eigenvalue weighted by Crippen LogP contribution is 2.11. The summed E-state index contributed by atoms with van der Waals surface area (Å²) in [7, 11) is 0. The van der Waals surface area contributed by atoms with Crippen molar-refractivity contribution in [3.63, 3.8) is 0 Å². The molecule has 0 aromatic rings. The van der Waals surface area contributed by atoms with Gasteiger partial charge in [-0.25, -0.2) is 0 Å². The number of nitrogens with one attached hydrogen (secondary N) is 1. The van der Waals surface area contributed by atoms with Crippen molar-refractivity contribution in [3.8, 4) is 0 Å². The standard InChI is InChI=1S/C9H9NO/c1-2-4-7-5-3-6-8(11)9(7)10/h2-6,10-11H,1H2/b7-4-,10-9?. The summed E-state index contributed by atoms with van der Waals surface area (Å²) in [6.07, 6.45) is 8.21. The van der Waals surface area contributed by atoms with Crippen LogP contribution in [0.5, 0.6) is 0 Å². The van der Waals surface area contributed by atoms with E-state index in [0.29, 0.717) is 5.57 Å². The van der Waals surface area contributed by atoms with Gasteiger partial charge in [0.15, 0.2) is 0 Å². The van der Waals surface area contributed by atoms with Crippen molar-refractivity contribution in [2.24, 2.45) is 0 Å². The fourth-order valence-electron chi connectivity index (χ4n) is 0.823. The van der Waals surface area contributed by atoms with Crippen LogP contribution in [0.2, 0.25) is 0 Å². The highest BCUT2D eigenvalue weighted by molar-refractivity contribution is 6.11. The molecule has 0 saturated carbocycles. The van der Waals surface area contributed by atoms with Crippen LogP contribution in [0.3, 0.4) is 0 Å². The molecular formula is C9H9NO. The zero-order valence-electron chi connectivity index (χ0n) is 6.04. The third-order valence-electron chi connectivity index (χ3n) is 1.37. The second kappa shape index (κ2) is 3.01. The van der Waals surface area contributed by atoms with Gasteiger partial charge in [0.2, 0.25) is 0 Å². The van der Waals surface area contributed by atoms with Crippen molar-refractivity contribution in [1.29, 1.82) is 5.41 Å². The van der Waals surface area contributed by atoms with Gasteiger partial charge in [-0.1, -0.05) is 30.9 Å². The zero-order chi connectivity index (χ0) is 8.27. The van der Waals surface area contributed by atoms with Gasteiger partial charge in [0.25, 0.3) is 0 Å². The van der Waals surface area contributed by atoms with Gasteiger partial charge in [-0.2, -0.15) is 0 Å². The summed E-state index contributed by atoms with van der Waals surface area (Å²) in [4.78, 5) is 0. The van der Waals surface area contributed by atoms with E-state index in [9.17, 15) is 0 Å². The Morgan fingerprint density at radius 3 is 2.91 bits per heavy atom. The van der Waals surface area contributed by atoms with Gasteiger partial charge in [-0.3, -0.25) is 5.41 Å². The van der Waals surface area contributed by atoms with Crippen LogP contribution in [0, 0.1) is 5.41 Å². The Bertz CT molecular complexity index is 282. The van der Waals surface area contributed by atoms with Gasteiger partial charge >= 0.3 is 0 Å². The molecule has 2 heteroatoms. The third kappa shape index (κ3) is 1.46. The SMILES string of the molecule is C=C/C=C1/C=CC=C(O)C1=N. The monoisotopic (exact) mass is 147 g/mol. The summed E-state index contributed by atoms with van der Waals surface area (Å²) in [6, 6.07) is 0. The molecule has 0 amide bonds. The molecule has 1 aliphatic rings. The predicted molar refractivity (Wildman–Crippen MR) is 45.9 cm³/mol. The Balaban J connectivity index is 2.99. The average molecular weight is 147 g/mol. The maximum Gasteiger partial charge on any atom is 0.141 e. The fraction of sp³-hybridized carbons (Fsp3) is 0. The fourth-order valence-corrected chi connectivity index (χ4v) is 0.823. The minimum absolute atomic E-state index is 0.000556. The maximum atomic E-state index is 9.08. The molecule has 0 atom stereocenters. The van der Waals surface area contributed by atoms with E-state index in [4.69, 9.17) is 10.5 Å². The molecule has 2 nitrogen and oxygen atoms in total. The van der Waals surface area contributed by atoms with Crippen molar-refractivity contribution >= 4 is 5.71 Å². The number of allylic oxidation sites excluding steroid dienone is 6. The minimum Gasteiger partial charge on any atom is -0.506 e. The summed E-state index contributed by atoms with van der Waals surface area (Å²) in [5, 5.41) is 16.5. The van der Waals surface area contributed by atoms with Crippen LogP contribution in [0.1, 0.15) is 0 Å². The molecule has 0 aliphatic heterocycles. The second-order valence-electron chi connectivity index (χ2n) is 2.14. The van der Waals surface area contributed by atoms with E-state index < -0.39 is 0 Å². The van der Waals surface area contributed by atoms with Crippen molar-refractivity contribution < 1.29 is 5.11 Å². The van der Waals surface area contributed by atoms with Crippen molar-refractivity contribution in [1.82, 2.24) is 0 Å². The predicted octanol–water partition coefficient (Wildman–Crippen LogP) is 2.13. The molecule has 1 aliphatic carbocycles. The molecule has 2 N–H and O–H groups in total. The smallest absolute Gasteiger partial charge is 0.141 e. The molecule has 0 aromatic carbocycles. The highest BCUT2D eigenvalue weighted by Gasteiger charge is 2.08. The van der Waals surface area contributed by atoms with Crippen molar-refractivity contribution in [2.75, 3.05) is 0 Å². The molecule has 0 aromatic heterocycles. The number of rotatable bonds is 1. The second-order valence-corrected chi connectivity index (χ2v) is 2.14. The molecule has 0 bridgehead atoms. The summed E-state index contributed by atoms with van der Waals surface area (Å²) >= 11 is 0. The number of aliphatic hydroxyl groups excluding tert-OH is 1. The molecule has 0 saturated heterocycles. The molecule has 1 rings (SSSR count). The normalized spacial score (nSPS) is 20.2. The van der Waals surface area contributed by atoms with Crippen LogP contribution in [-0.2, 0) is 0 Å². The van der Waals surface area contributed by atoms with E-state index in [0.717, 1.165) is 0 Å². The van der Waals surface area contributed by atoms with Crippen LogP contribution in [0.4, 0.5) is 0 Å². The lowest BCUT2D eigenvalue weighted by molar-refractivity contribution is 0.442. The largest absolute Gasteiger partial charge is 0.506 e. The van der Waals surface area contributed by atoms with Crippen LogP contribution < -0.4 is 0 Å². The molecule has 0 radical (unpaired) electrons. The molecule has 0 unspecified atom stereocenters. The van der Waals surface area contributed by atoms with Gasteiger partial charge in [0.1, 0.15) is 11.5 Å². The molecular weight excluding hydrogens is 138 g/mol. The zero-order valence-corrected chi connectivity index (χ0v) is 6.04. The van der Waals surface area contributed by atoms with E-state index >= 15 is 0 Å². The molecule has 0 spiro atoms. The van der Waals surface area contributed by atoms with E-state index in [1.54, 1.807) is 24.3 Å². The lowest BCUT2D eigenvalue weighted by atomic mass is 10.0. The number of hydrogen-bond donors (Lipinski definition) is 2. The van der Waals surface area contributed by atoms with E-state index in [2.05, 4.69) is 6.58 Å². The maximum absolute atomic E-state index is 9.08. The summed E-state index contributed by atoms with van der Waals surface area (Å²) in [6.45, 7) is 3.51. The summed E-state index contributed by atoms with van der Waals surface area (Å²) in [5.74, 6) is 0.000556. The quantitative estimate of drug-likeness (QED) is 0.586. The van der Waals surface area contributed by atoms with E-state index in [1.165, 1.54) is 6.08 Å². The number of hydrogen-bond acceptors (Lipinski definition) is 2. The molecule has 0 fully saturated rings. The van der Waals surface area contributed by atoms with Crippen molar-refractivity contribution in [3.05, 3.63) is 48.3 Å². The van der Waals surface area contributed by atoms with Crippen LogP contribution in [0.15, 0.2) is 48.3 Å². The van der Waals surface area contributed by atoms with Gasteiger partial charge in [-0.15, -0.1) is 0 Å². The summed E-state index contributed by atoms with van der Waals surface area (Å²) < 4.78 is 0. The lowest BCUT2D eigenvalue weighted by Gasteiger charge is -2.06. The highest BCUT2D eigenvalue weighted by atomic mass is 16.3. The Hall–Kier alpha value is -1.57. The topological polar surface area (TPSA) is 44.1 Å². The number of aliphatic hydroxyl groups is 1. The van der Waals surface area contributed by atoms with E-state index in [1.807, 2.05) is 0 Å². The molecule has 0 heterocycles.